The summed E-state index contributed by atoms with van der Waals surface area (Å²) in [5, 5.41) is -0.496. The van der Waals surface area contributed by atoms with Gasteiger partial charge in [0.15, 0.2) is 0 Å². The van der Waals surface area contributed by atoms with E-state index in [0.717, 1.165) is 0 Å². The number of rotatable bonds is 3. The molecule has 16 heavy (non-hydrogen) atoms. The Bertz CT molecular complexity index is 477. The van der Waals surface area contributed by atoms with E-state index in [1.54, 1.807) is 26.0 Å². The third-order valence-corrected chi connectivity index (χ3v) is 4.91. The molecule has 0 aromatic heterocycles. The van der Waals surface area contributed by atoms with Gasteiger partial charge in [0.2, 0.25) is 10.0 Å². The average molecular weight is 372 g/mol. The Morgan fingerprint density at radius 1 is 1.25 bits per heavy atom. The number of hydrogen-bond acceptors (Lipinski definition) is 3. The lowest BCUT2D eigenvalue weighted by atomic mass is 10.3. The van der Waals surface area contributed by atoms with Crippen molar-refractivity contribution in [1.29, 1.82) is 0 Å². The van der Waals surface area contributed by atoms with Gasteiger partial charge in [-0.1, -0.05) is 0 Å². The predicted octanol–water partition coefficient (Wildman–Crippen LogP) is 2.94. The summed E-state index contributed by atoms with van der Waals surface area (Å²) in [6, 6.07) is 3.28. The molecule has 0 fully saturated rings. The summed E-state index contributed by atoms with van der Waals surface area (Å²) in [7, 11) is -3.36. The molecule has 7 heteroatoms. The maximum Gasteiger partial charge on any atom is 0.235 e. The summed E-state index contributed by atoms with van der Waals surface area (Å²) < 4.78 is 27.1. The molecule has 1 aromatic rings. The molecule has 0 unspecified atom stereocenters. The van der Waals surface area contributed by atoms with Gasteiger partial charge in [-0.25, -0.2) is 8.42 Å². The van der Waals surface area contributed by atoms with Gasteiger partial charge >= 0.3 is 0 Å². The number of nitrogen functional groups attached to an aromatic ring is 1. The Morgan fingerprint density at radius 3 is 2.06 bits per heavy atom. The molecule has 0 aliphatic rings. The maximum absolute atomic E-state index is 11.7. The zero-order valence-electron chi connectivity index (χ0n) is 8.79. The highest BCUT2D eigenvalue weighted by Gasteiger charge is 2.18. The Kier molecular flexibility index (Phi) is 4.25. The third kappa shape index (κ3) is 3.11. The minimum atomic E-state index is -3.36. The number of nitrogens with two attached hydrogens (primary N) is 1. The van der Waals surface area contributed by atoms with Crippen LogP contribution in [0.25, 0.3) is 0 Å². The normalized spacial score (nSPS) is 11.8. The van der Waals surface area contributed by atoms with Crippen LogP contribution in [0.3, 0.4) is 0 Å². The van der Waals surface area contributed by atoms with Crippen LogP contribution in [0.5, 0.6) is 0 Å². The smallest absolute Gasteiger partial charge is 0.235 e. The molecule has 3 N–H and O–H groups in total. The molecule has 0 amide bonds. The average Bonchev–Trinajstić information content (AvgIpc) is 2.11. The van der Waals surface area contributed by atoms with Crippen LogP contribution in [-0.2, 0) is 10.0 Å². The van der Waals surface area contributed by atoms with Crippen LogP contribution in [0.1, 0.15) is 13.8 Å². The second kappa shape index (κ2) is 4.93. The molecule has 0 spiro atoms. The highest BCUT2D eigenvalue weighted by atomic mass is 79.9. The Hall–Kier alpha value is -0.270. The van der Waals surface area contributed by atoms with Gasteiger partial charge in [0, 0.05) is 14.6 Å². The van der Waals surface area contributed by atoms with Crippen LogP contribution < -0.4 is 10.5 Å². The van der Waals surface area contributed by atoms with Crippen LogP contribution in [0.15, 0.2) is 21.1 Å². The van der Waals surface area contributed by atoms with E-state index in [4.69, 9.17) is 5.73 Å². The molecule has 1 rings (SSSR count). The summed E-state index contributed by atoms with van der Waals surface area (Å²) in [6.07, 6.45) is 0. The van der Waals surface area contributed by atoms with Crippen molar-refractivity contribution >= 4 is 53.3 Å². The number of sulfonamides is 1. The van der Waals surface area contributed by atoms with Gasteiger partial charge in [-0.05, 0) is 57.8 Å². The minimum absolute atomic E-state index is 0.461. The zero-order chi connectivity index (χ0) is 12.5. The van der Waals surface area contributed by atoms with E-state index in [-0.39, 0.29) is 0 Å². The number of anilines is 2. The van der Waals surface area contributed by atoms with E-state index in [2.05, 4.69) is 36.6 Å². The number of hydrogen-bond donors (Lipinski definition) is 2. The molecule has 0 radical (unpaired) electrons. The molecule has 90 valence electrons. The molecule has 0 aliphatic carbocycles. The van der Waals surface area contributed by atoms with Gasteiger partial charge in [0.1, 0.15) is 0 Å². The summed E-state index contributed by atoms with van der Waals surface area (Å²) in [6.45, 7) is 3.23. The van der Waals surface area contributed by atoms with Crippen LogP contribution in [0, 0.1) is 0 Å². The van der Waals surface area contributed by atoms with Crippen molar-refractivity contribution in [2.75, 3.05) is 10.5 Å². The summed E-state index contributed by atoms with van der Waals surface area (Å²) in [5.74, 6) is 0. The topological polar surface area (TPSA) is 72.2 Å². The minimum Gasteiger partial charge on any atom is -0.399 e. The van der Waals surface area contributed by atoms with Crippen molar-refractivity contribution in [1.82, 2.24) is 0 Å². The first-order valence-corrected chi connectivity index (χ1v) is 7.63. The van der Waals surface area contributed by atoms with Gasteiger partial charge in [-0.3, -0.25) is 4.72 Å². The number of halogens is 2. The fourth-order valence-corrected chi connectivity index (χ4v) is 3.37. The van der Waals surface area contributed by atoms with E-state index < -0.39 is 15.3 Å². The van der Waals surface area contributed by atoms with Crippen LogP contribution in [-0.4, -0.2) is 13.7 Å². The molecule has 0 heterocycles. The van der Waals surface area contributed by atoms with E-state index in [0.29, 0.717) is 20.3 Å². The van der Waals surface area contributed by atoms with Crippen LogP contribution in [0.4, 0.5) is 11.4 Å². The molecule has 0 atom stereocenters. The van der Waals surface area contributed by atoms with Gasteiger partial charge in [-0.15, -0.1) is 0 Å². The first-order chi connectivity index (χ1) is 7.24. The zero-order valence-corrected chi connectivity index (χ0v) is 12.8. The molecule has 4 nitrogen and oxygen atoms in total. The molecule has 0 saturated heterocycles. The van der Waals surface area contributed by atoms with Crippen molar-refractivity contribution in [2.24, 2.45) is 0 Å². The highest BCUT2D eigenvalue weighted by molar-refractivity contribution is 9.11. The third-order valence-electron chi connectivity index (χ3n) is 1.93. The van der Waals surface area contributed by atoms with Crippen molar-refractivity contribution in [3.63, 3.8) is 0 Å². The monoisotopic (exact) mass is 370 g/mol. The van der Waals surface area contributed by atoms with E-state index in [1.165, 1.54) is 0 Å². The molecule has 0 aliphatic heterocycles. The second-order valence-electron chi connectivity index (χ2n) is 3.56. The van der Waals surface area contributed by atoms with Gasteiger partial charge in [-0.2, -0.15) is 0 Å². The van der Waals surface area contributed by atoms with Gasteiger partial charge < -0.3 is 5.73 Å². The summed E-state index contributed by atoms with van der Waals surface area (Å²) in [4.78, 5) is 0. The van der Waals surface area contributed by atoms with Crippen molar-refractivity contribution in [3.8, 4) is 0 Å². The van der Waals surface area contributed by atoms with Crippen molar-refractivity contribution < 1.29 is 8.42 Å². The SMILES string of the molecule is CC(C)S(=O)(=O)Nc1c(Br)cc(N)cc1Br. The summed E-state index contributed by atoms with van der Waals surface area (Å²) in [5.41, 5.74) is 6.62. The standard InChI is InChI=1S/C9H12Br2N2O2S/c1-5(2)16(14,15)13-9-7(10)3-6(12)4-8(9)11/h3-5,13H,12H2,1-2H3. The molecule has 0 saturated carbocycles. The molecular weight excluding hydrogens is 360 g/mol. The maximum atomic E-state index is 11.7. The fraction of sp³-hybridized carbons (Fsp3) is 0.333. The Balaban J connectivity index is 3.17. The molecular formula is C9H12Br2N2O2S. The van der Waals surface area contributed by atoms with E-state index in [1.807, 2.05) is 0 Å². The summed E-state index contributed by atoms with van der Waals surface area (Å²) >= 11 is 6.53. The van der Waals surface area contributed by atoms with Crippen molar-refractivity contribution in [3.05, 3.63) is 21.1 Å². The van der Waals surface area contributed by atoms with Crippen molar-refractivity contribution in [2.45, 2.75) is 19.1 Å². The molecule has 1 aromatic carbocycles. The first kappa shape index (κ1) is 13.8. The lowest BCUT2D eigenvalue weighted by molar-refractivity contribution is 0.592. The lowest BCUT2D eigenvalue weighted by Crippen LogP contribution is -2.22. The predicted molar refractivity (Wildman–Crippen MR) is 73.9 cm³/mol. The largest absolute Gasteiger partial charge is 0.399 e. The van der Waals surface area contributed by atoms with Gasteiger partial charge in [0.25, 0.3) is 0 Å². The Labute approximate surface area is 112 Å². The second-order valence-corrected chi connectivity index (χ2v) is 7.50. The lowest BCUT2D eigenvalue weighted by Gasteiger charge is -2.14. The quantitative estimate of drug-likeness (QED) is 0.802. The number of nitrogens with one attached hydrogen (secondary N) is 1. The highest BCUT2D eigenvalue weighted by Crippen LogP contribution is 2.34. The molecule has 0 bridgehead atoms. The Morgan fingerprint density at radius 2 is 1.69 bits per heavy atom. The van der Waals surface area contributed by atoms with Crippen LogP contribution >= 0.6 is 31.9 Å². The number of benzene rings is 1. The van der Waals surface area contributed by atoms with E-state index in [9.17, 15) is 8.42 Å². The fourth-order valence-electron chi connectivity index (χ4n) is 0.950. The first-order valence-electron chi connectivity index (χ1n) is 4.50. The van der Waals surface area contributed by atoms with Gasteiger partial charge in [0.05, 0.1) is 10.9 Å². The van der Waals surface area contributed by atoms with Crippen LogP contribution in [0.2, 0.25) is 0 Å². The van der Waals surface area contributed by atoms with E-state index >= 15 is 0 Å².